The summed E-state index contributed by atoms with van der Waals surface area (Å²) in [5.74, 6) is 0.989. The summed E-state index contributed by atoms with van der Waals surface area (Å²) < 4.78 is 0. The number of hydrogen-bond acceptors (Lipinski definition) is 3. The molecule has 1 aliphatic heterocycles. The molecule has 3 heteroatoms. The largest absolute Gasteiger partial charge is 0.307 e. The predicted molar refractivity (Wildman–Crippen MR) is 75.8 cm³/mol. The molecule has 98 valence electrons. The minimum absolute atomic E-state index is 0.892. The van der Waals surface area contributed by atoms with Gasteiger partial charge in [0.15, 0.2) is 0 Å². The molecule has 0 radical (unpaired) electrons. The average Bonchev–Trinajstić information content (AvgIpc) is 2.93. The van der Waals surface area contributed by atoms with Gasteiger partial charge in [-0.25, -0.2) is 9.97 Å². The van der Waals surface area contributed by atoms with Crippen LogP contribution in [0.4, 0.5) is 0 Å². The van der Waals surface area contributed by atoms with Crippen molar-refractivity contribution in [3.05, 3.63) is 58.7 Å². The summed E-state index contributed by atoms with van der Waals surface area (Å²) in [4.78, 5) is 9.43. The van der Waals surface area contributed by atoms with Crippen molar-refractivity contribution in [3.8, 4) is 0 Å². The first-order valence-corrected chi connectivity index (χ1v) is 6.99. The van der Waals surface area contributed by atoms with Crippen LogP contribution in [0.3, 0.4) is 0 Å². The first-order valence-electron chi connectivity index (χ1n) is 6.99. The molecule has 0 aliphatic carbocycles. The van der Waals surface area contributed by atoms with Crippen molar-refractivity contribution in [2.75, 3.05) is 0 Å². The zero-order valence-electron chi connectivity index (χ0n) is 11.3. The fourth-order valence-corrected chi connectivity index (χ4v) is 2.60. The van der Waals surface area contributed by atoms with Gasteiger partial charge in [-0.2, -0.15) is 0 Å². The molecular weight excluding hydrogens is 234 g/mol. The predicted octanol–water partition coefficient (Wildman–Crippen LogP) is 2.43. The Morgan fingerprint density at radius 1 is 1.05 bits per heavy atom. The summed E-state index contributed by atoms with van der Waals surface area (Å²) in [5.41, 5.74) is 5.10. The van der Waals surface area contributed by atoms with Crippen LogP contribution in [0.25, 0.3) is 0 Å². The molecule has 0 bridgehead atoms. The van der Waals surface area contributed by atoms with Gasteiger partial charge >= 0.3 is 0 Å². The molecule has 2 heterocycles. The molecule has 0 spiro atoms. The lowest BCUT2D eigenvalue weighted by Gasteiger charge is -2.08. The van der Waals surface area contributed by atoms with Gasteiger partial charge in [0.25, 0.3) is 0 Å². The lowest BCUT2D eigenvalue weighted by atomic mass is 10.1. The van der Waals surface area contributed by atoms with Crippen LogP contribution in [0.5, 0.6) is 0 Å². The molecule has 1 aliphatic rings. The zero-order chi connectivity index (χ0) is 13.1. The van der Waals surface area contributed by atoms with E-state index in [-0.39, 0.29) is 0 Å². The molecule has 0 amide bonds. The Bertz CT molecular complexity index is 564. The van der Waals surface area contributed by atoms with Crippen molar-refractivity contribution in [2.45, 2.75) is 39.3 Å². The summed E-state index contributed by atoms with van der Waals surface area (Å²) in [5, 5.41) is 3.36. The molecule has 3 nitrogen and oxygen atoms in total. The molecular formula is C16H19N3. The molecule has 2 aromatic rings. The molecule has 19 heavy (non-hydrogen) atoms. The standard InChI is InChI=1S/C16H19N3/c1-2-14-13-10-17-11-15(13)19-16(18-14)9-8-12-6-4-3-5-7-12/h3-7,17H,2,8-11H2,1H3. The molecule has 1 aromatic heterocycles. The van der Waals surface area contributed by atoms with Crippen molar-refractivity contribution in [2.24, 2.45) is 0 Å². The van der Waals surface area contributed by atoms with Crippen LogP contribution >= 0.6 is 0 Å². The highest BCUT2D eigenvalue weighted by molar-refractivity contribution is 5.29. The van der Waals surface area contributed by atoms with Crippen LogP contribution in [0.15, 0.2) is 30.3 Å². The highest BCUT2D eigenvalue weighted by Gasteiger charge is 2.17. The third-order valence-corrected chi connectivity index (χ3v) is 3.63. The van der Waals surface area contributed by atoms with Gasteiger partial charge in [-0.15, -0.1) is 0 Å². The Balaban J connectivity index is 1.78. The highest BCUT2D eigenvalue weighted by atomic mass is 15.0. The minimum Gasteiger partial charge on any atom is -0.307 e. The van der Waals surface area contributed by atoms with Gasteiger partial charge in [0.05, 0.1) is 5.69 Å². The van der Waals surface area contributed by atoms with Crippen molar-refractivity contribution in [3.63, 3.8) is 0 Å². The highest BCUT2D eigenvalue weighted by Crippen LogP contribution is 2.18. The van der Waals surface area contributed by atoms with E-state index in [1.807, 2.05) is 0 Å². The molecule has 3 rings (SSSR count). The van der Waals surface area contributed by atoms with Gasteiger partial charge in [-0.05, 0) is 18.4 Å². The van der Waals surface area contributed by atoms with E-state index in [2.05, 4.69) is 42.6 Å². The second kappa shape index (κ2) is 5.49. The third kappa shape index (κ3) is 2.66. The first-order chi connectivity index (χ1) is 9.36. The second-order valence-corrected chi connectivity index (χ2v) is 4.95. The van der Waals surface area contributed by atoms with E-state index in [0.717, 1.165) is 38.2 Å². The third-order valence-electron chi connectivity index (χ3n) is 3.63. The van der Waals surface area contributed by atoms with Crippen LogP contribution in [0, 0.1) is 0 Å². The fraction of sp³-hybridized carbons (Fsp3) is 0.375. The summed E-state index contributed by atoms with van der Waals surface area (Å²) in [6.07, 6.45) is 2.92. The van der Waals surface area contributed by atoms with E-state index in [0.29, 0.717) is 0 Å². The van der Waals surface area contributed by atoms with E-state index < -0.39 is 0 Å². The van der Waals surface area contributed by atoms with Gasteiger partial charge < -0.3 is 5.32 Å². The second-order valence-electron chi connectivity index (χ2n) is 4.95. The van der Waals surface area contributed by atoms with Crippen LogP contribution in [-0.4, -0.2) is 9.97 Å². The molecule has 1 aromatic carbocycles. The van der Waals surface area contributed by atoms with Crippen LogP contribution < -0.4 is 5.32 Å². The number of nitrogens with zero attached hydrogens (tertiary/aromatic N) is 2. The smallest absolute Gasteiger partial charge is 0.129 e. The normalized spacial score (nSPS) is 13.5. The van der Waals surface area contributed by atoms with Gasteiger partial charge in [0.1, 0.15) is 5.82 Å². The van der Waals surface area contributed by atoms with Gasteiger partial charge in [-0.3, -0.25) is 0 Å². The number of benzene rings is 1. The number of nitrogens with one attached hydrogen (secondary N) is 1. The van der Waals surface area contributed by atoms with E-state index >= 15 is 0 Å². The lowest BCUT2D eigenvalue weighted by molar-refractivity contribution is 0.753. The van der Waals surface area contributed by atoms with Gasteiger partial charge in [0, 0.05) is 30.8 Å². The SMILES string of the molecule is CCc1nc(CCc2ccccc2)nc2c1CNC2. The Morgan fingerprint density at radius 2 is 1.89 bits per heavy atom. The molecule has 0 atom stereocenters. The number of aromatic nitrogens is 2. The molecule has 0 unspecified atom stereocenters. The van der Waals surface area contributed by atoms with Crippen LogP contribution in [0.2, 0.25) is 0 Å². The Kier molecular flexibility index (Phi) is 3.56. The zero-order valence-corrected chi connectivity index (χ0v) is 11.3. The summed E-state index contributed by atoms with van der Waals surface area (Å²) in [7, 11) is 0. The Labute approximate surface area is 114 Å². The van der Waals surface area contributed by atoms with E-state index in [4.69, 9.17) is 9.97 Å². The van der Waals surface area contributed by atoms with E-state index in [1.54, 1.807) is 0 Å². The maximum absolute atomic E-state index is 4.73. The molecule has 1 N–H and O–H groups in total. The van der Waals surface area contributed by atoms with Gasteiger partial charge in [-0.1, -0.05) is 37.3 Å². The van der Waals surface area contributed by atoms with Crippen molar-refractivity contribution in [1.82, 2.24) is 15.3 Å². The average molecular weight is 253 g/mol. The first kappa shape index (κ1) is 12.3. The monoisotopic (exact) mass is 253 g/mol. The topological polar surface area (TPSA) is 37.8 Å². The maximum atomic E-state index is 4.73. The number of rotatable bonds is 4. The quantitative estimate of drug-likeness (QED) is 0.909. The summed E-state index contributed by atoms with van der Waals surface area (Å²) in [6, 6.07) is 10.5. The molecule has 0 saturated heterocycles. The number of fused-ring (bicyclic) bond motifs is 1. The fourth-order valence-electron chi connectivity index (χ4n) is 2.60. The van der Waals surface area contributed by atoms with Crippen LogP contribution in [-0.2, 0) is 32.4 Å². The number of aryl methyl sites for hydroxylation is 3. The van der Waals surface area contributed by atoms with E-state index in [1.165, 1.54) is 22.5 Å². The Morgan fingerprint density at radius 3 is 2.68 bits per heavy atom. The number of hydrogen-bond donors (Lipinski definition) is 1. The maximum Gasteiger partial charge on any atom is 0.129 e. The van der Waals surface area contributed by atoms with Gasteiger partial charge in [0.2, 0.25) is 0 Å². The van der Waals surface area contributed by atoms with Crippen LogP contribution in [0.1, 0.15) is 35.3 Å². The lowest BCUT2D eigenvalue weighted by Crippen LogP contribution is -2.06. The van der Waals surface area contributed by atoms with E-state index in [9.17, 15) is 0 Å². The Hall–Kier alpha value is -1.74. The van der Waals surface area contributed by atoms with Crippen molar-refractivity contribution >= 4 is 0 Å². The van der Waals surface area contributed by atoms with Crippen molar-refractivity contribution in [1.29, 1.82) is 0 Å². The minimum atomic E-state index is 0.892. The summed E-state index contributed by atoms with van der Waals surface area (Å²) >= 11 is 0. The van der Waals surface area contributed by atoms with Crippen molar-refractivity contribution < 1.29 is 0 Å². The summed E-state index contributed by atoms with van der Waals surface area (Å²) in [6.45, 7) is 3.99. The molecule has 0 fully saturated rings. The molecule has 0 saturated carbocycles.